The Morgan fingerprint density at radius 2 is 1.96 bits per heavy atom. The minimum Gasteiger partial charge on any atom is -0.508 e. The molecule has 1 aliphatic carbocycles. The van der Waals surface area contributed by atoms with Gasteiger partial charge in [0.05, 0.1) is 14.2 Å². The molecule has 1 unspecified atom stereocenters. The minimum atomic E-state index is -0.276. The van der Waals surface area contributed by atoms with Crippen LogP contribution in [-0.2, 0) is 4.79 Å². The van der Waals surface area contributed by atoms with Gasteiger partial charge >= 0.3 is 0 Å². The van der Waals surface area contributed by atoms with E-state index in [-0.39, 0.29) is 17.5 Å². The molecule has 2 N–H and O–H groups in total. The van der Waals surface area contributed by atoms with Crippen LogP contribution in [0.2, 0.25) is 0 Å². The van der Waals surface area contributed by atoms with E-state index in [1.807, 2.05) is 18.2 Å². The SMILES string of the molecule is COc1cc2c(c(OC)c1)C(c1cccc(O)c1)C1=C(CCCC1=O)N2. The highest BCUT2D eigenvalue weighted by atomic mass is 16.5. The molecular weight excluding hydrogens is 330 g/mol. The number of phenols is 1. The predicted octanol–water partition coefficient (Wildman–Crippen LogP) is 3.97. The van der Waals surface area contributed by atoms with Gasteiger partial charge in [-0.2, -0.15) is 0 Å². The van der Waals surface area contributed by atoms with Gasteiger partial charge in [0.2, 0.25) is 0 Å². The molecule has 2 aliphatic rings. The molecule has 2 aromatic rings. The summed E-state index contributed by atoms with van der Waals surface area (Å²) < 4.78 is 11.0. The van der Waals surface area contributed by atoms with Crippen LogP contribution >= 0.6 is 0 Å². The third-order valence-electron chi connectivity index (χ3n) is 5.09. The smallest absolute Gasteiger partial charge is 0.161 e. The highest BCUT2D eigenvalue weighted by Gasteiger charge is 2.37. The third-order valence-corrected chi connectivity index (χ3v) is 5.09. The number of rotatable bonds is 3. The fourth-order valence-electron chi connectivity index (χ4n) is 3.96. The van der Waals surface area contributed by atoms with Gasteiger partial charge in [0, 0.05) is 47.0 Å². The summed E-state index contributed by atoms with van der Waals surface area (Å²) in [5.41, 5.74) is 4.38. The Bertz CT molecular complexity index is 916. The van der Waals surface area contributed by atoms with Gasteiger partial charge in [0.1, 0.15) is 17.2 Å². The average molecular weight is 351 g/mol. The van der Waals surface area contributed by atoms with E-state index in [0.717, 1.165) is 40.9 Å². The van der Waals surface area contributed by atoms with Crippen molar-refractivity contribution in [3.05, 3.63) is 58.8 Å². The van der Waals surface area contributed by atoms with Crippen LogP contribution in [0.5, 0.6) is 17.2 Å². The number of hydrogen-bond acceptors (Lipinski definition) is 5. The summed E-state index contributed by atoms with van der Waals surface area (Å²) in [7, 11) is 3.23. The molecule has 0 radical (unpaired) electrons. The Kier molecular flexibility index (Phi) is 4.07. The molecule has 1 aliphatic heterocycles. The predicted molar refractivity (Wildman–Crippen MR) is 99.0 cm³/mol. The van der Waals surface area contributed by atoms with Gasteiger partial charge in [-0.15, -0.1) is 0 Å². The lowest BCUT2D eigenvalue weighted by Crippen LogP contribution is -2.27. The lowest BCUT2D eigenvalue weighted by Gasteiger charge is -2.35. The molecule has 0 aromatic heterocycles. The van der Waals surface area contributed by atoms with Crippen molar-refractivity contribution in [1.29, 1.82) is 0 Å². The van der Waals surface area contributed by atoms with E-state index < -0.39 is 0 Å². The molecule has 4 rings (SSSR count). The molecule has 5 nitrogen and oxygen atoms in total. The molecule has 0 saturated carbocycles. The molecule has 0 saturated heterocycles. The molecular formula is C21H21NO4. The first kappa shape index (κ1) is 16.5. The van der Waals surface area contributed by atoms with Gasteiger partial charge in [-0.25, -0.2) is 0 Å². The maximum absolute atomic E-state index is 12.8. The number of ether oxygens (including phenoxy) is 2. The molecule has 0 amide bonds. The van der Waals surface area contributed by atoms with E-state index in [1.165, 1.54) is 0 Å². The standard InChI is InChI=1S/C21H21NO4/c1-25-14-10-16-21(18(11-14)26-2)19(12-5-3-6-13(23)9-12)20-15(22-16)7-4-8-17(20)24/h3,5-6,9-11,19,22-23H,4,7-8H2,1-2H3. The summed E-state index contributed by atoms with van der Waals surface area (Å²) in [6, 6.07) is 10.8. The van der Waals surface area contributed by atoms with Crippen molar-refractivity contribution >= 4 is 11.5 Å². The van der Waals surface area contributed by atoms with Gasteiger partial charge in [0.25, 0.3) is 0 Å². The molecule has 1 atom stereocenters. The number of phenolic OH excluding ortho intramolecular Hbond substituents is 1. The van der Waals surface area contributed by atoms with Crippen LogP contribution in [-0.4, -0.2) is 25.1 Å². The average Bonchev–Trinajstić information content (AvgIpc) is 2.65. The van der Waals surface area contributed by atoms with Gasteiger partial charge in [-0.3, -0.25) is 4.79 Å². The highest BCUT2D eigenvalue weighted by molar-refractivity contribution is 6.01. The maximum Gasteiger partial charge on any atom is 0.161 e. The Labute approximate surface area is 152 Å². The number of ketones is 1. The summed E-state index contributed by atoms with van der Waals surface area (Å²) in [6.07, 6.45) is 2.22. The van der Waals surface area contributed by atoms with E-state index in [2.05, 4.69) is 5.32 Å². The van der Waals surface area contributed by atoms with Crippen molar-refractivity contribution in [2.45, 2.75) is 25.2 Å². The first-order chi connectivity index (χ1) is 12.6. The zero-order chi connectivity index (χ0) is 18.3. The molecule has 2 aromatic carbocycles. The molecule has 1 heterocycles. The number of Topliss-reactive ketones (excluding diaryl/α,β-unsaturated/α-hetero) is 1. The van der Waals surface area contributed by atoms with Crippen molar-refractivity contribution in [3.63, 3.8) is 0 Å². The van der Waals surface area contributed by atoms with E-state index in [1.54, 1.807) is 32.4 Å². The molecule has 0 spiro atoms. The topological polar surface area (TPSA) is 67.8 Å². The Hall–Kier alpha value is -2.95. The molecule has 0 bridgehead atoms. The Morgan fingerprint density at radius 1 is 1.12 bits per heavy atom. The number of methoxy groups -OCH3 is 2. The van der Waals surface area contributed by atoms with Gasteiger partial charge in [-0.1, -0.05) is 12.1 Å². The number of allylic oxidation sites excluding steroid dienone is 2. The number of benzene rings is 2. The Balaban J connectivity index is 1.99. The monoisotopic (exact) mass is 351 g/mol. The van der Waals surface area contributed by atoms with Crippen LogP contribution in [0.1, 0.15) is 36.3 Å². The number of carbonyl (C=O) groups is 1. The highest BCUT2D eigenvalue weighted by Crippen LogP contribution is 2.50. The largest absolute Gasteiger partial charge is 0.508 e. The maximum atomic E-state index is 12.8. The van der Waals surface area contributed by atoms with Crippen molar-refractivity contribution in [3.8, 4) is 17.2 Å². The minimum absolute atomic E-state index is 0.149. The van der Waals surface area contributed by atoms with E-state index in [4.69, 9.17) is 9.47 Å². The van der Waals surface area contributed by atoms with Gasteiger partial charge in [0.15, 0.2) is 5.78 Å². The van der Waals surface area contributed by atoms with Gasteiger partial charge < -0.3 is 19.9 Å². The van der Waals surface area contributed by atoms with E-state index >= 15 is 0 Å². The van der Waals surface area contributed by atoms with Crippen LogP contribution < -0.4 is 14.8 Å². The first-order valence-corrected chi connectivity index (χ1v) is 8.70. The number of anilines is 1. The fraction of sp³-hybridized carbons (Fsp3) is 0.286. The van der Waals surface area contributed by atoms with Gasteiger partial charge in [-0.05, 0) is 30.5 Å². The molecule has 5 heteroatoms. The number of carbonyl (C=O) groups excluding carboxylic acids is 1. The quantitative estimate of drug-likeness (QED) is 0.876. The molecule has 134 valence electrons. The van der Waals surface area contributed by atoms with Crippen LogP contribution in [0.15, 0.2) is 47.7 Å². The van der Waals surface area contributed by atoms with Crippen molar-refractivity contribution < 1.29 is 19.4 Å². The van der Waals surface area contributed by atoms with E-state index in [9.17, 15) is 9.90 Å². The number of nitrogens with one attached hydrogen (secondary N) is 1. The first-order valence-electron chi connectivity index (χ1n) is 8.70. The Morgan fingerprint density at radius 3 is 2.69 bits per heavy atom. The zero-order valence-corrected chi connectivity index (χ0v) is 14.8. The fourth-order valence-corrected chi connectivity index (χ4v) is 3.96. The third kappa shape index (κ3) is 2.60. The van der Waals surface area contributed by atoms with Crippen LogP contribution in [0.25, 0.3) is 0 Å². The summed E-state index contributed by atoms with van der Waals surface area (Å²) >= 11 is 0. The lowest BCUT2D eigenvalue weighted by molar-refractivity contribution is -0.116. The zero-order valence-electron chi connectivity index (χ0n) is 14.8. The second kappa shape index (κ2) is 6.41. The molecule has 0 fully saturated rings. The van der Waals surface area contributed by atoms with E-state index in [0.29, 0.717) is 17.9 Å². The van der Waals surface area contributed by atoms with Crippen LogP contribution in [0.3, 0.4) is 0 Å². The van der Waals surface area contributed by atoms with Crippen molar-refractivity contribution in [2.24, 2.45) is 0 Å². The lowest BCUT2D eigenvalue weighted by atomic mass is 9.75. The number of aromatic hydroxyl groups is 1. The van der Waals surface area contributed by atoms with Crippen molar-refractivity contribution in [2.75, 3.05) is 19.5 Å². The summed E-state index contributed by atoms with van der Waals surface area (Å²) in [5, 5.41) is 13.4. The normalized spacial score (nSPS) is 18.7. The summed E-state index contributed by atoms with van der Waals surface area (Å²) in [6.45, 7) is 0. The summed E-state index contributed by atoms with van der Waals surface area (Å²) in [4.78, 5) is 12.8. The molecule has 26 heavy (non-hydrogen) atoms. The second-order valence-corrected chi connectivity index (χ2v) is 6.61. The van der Waals surface area contributed by atoms with Crippen LogP contribution in [0.4, 0.5) is 5.69 Å². The second-order valence-electron chi connectivity index (χ2n) is 6.61. The number of fused-ring (bicyclic) bond motifs is 1. The number of hydrogen-bond donors (Lipinski definition) is 2. The van der Waals surface area contributed by atoms with Crippen molar-refractivity contribution in [1.82, 2.24) is 0 Å². The van der Waals surface area contributed by atoms with Crippen LogP contribution in [0, 0.1) is 0 Å². The summed E-state index contributed by atoms with van der Waals surface area (Å²) in [5.74, 6) is 1.40.